The third kappa shape index (κ3) is 9.03. The number of nitriles is 1. The first-order chi connectivity index (χ1) is 13.1. The fourth-order valence-corrected chi connectivity index (χ4v) is 2.91. The maximum absolute atomic E-state index is 12.5. The molecule has 1 aromatic carbocycles. The minimum atomic E-state index is -0.728. The number of aliphatic hydroxyl groups is 1. The second-order valence-corrected chi connectivity index (χ2v) is 8.25. The Morgan fingerprint density at radius 2 is 1.93 bits per heavy atom. The smallest absolute Gasteiger partial charge is 0.165 e. The molecule has 29 heavy (non-hydrogen) atoms. The van der Waals surface area contributed by atoms with Crippen LogP contribution in [0.25, 0.3) is 0 Å². The number of rotatable bonds is 11. The van der Waals surface area contributed by atoms with Gasteiger partial charge in [0.2, 0.25) is 0 Å². The molecule has 0 heterocycles. The van der Waals surface area contributed by atoms with Gasteiger partial charge in [-0.15, -0.1) is 12.4 Å². The summed E-state index contributed by atoms with van der Waals surface area (Å²) in [5, 5.41) is 22.7. The van der Waals surface area contributed by atoms with Gasteiger partial charge in [-0.2, -0.15) is 5.26 Å². The maximum atomic E-state index is 12.5. The van der Waals surface area contributed by atoms with E-state index in [-0.39, 0.29) is 47.3 Å². The molecular weight excluding hydrogens is 390 g/mol. The molecule has 0 amide bonds. The number of nitrogens with one attached hydrogen (secondary N) is 1. The number of nitrogens with zero attached hydrogens (tertiary/aromatic N) is 1. The number of nitrogens with two attached hydrogens (primary N) is 1. The van der Waals surface area contributed by atoms with Crippen molar-refractivity contribution in [2.45, 2.75) is 71.9 Å². The van der Waals surface area contributed by atoms with Crippen molar-refractivity contribution in [3.8, 4) is 11.8 Å². The number of benzene rings is 1. The Balaban J connectivity index is 0.00000784. The molecule has 1 unspecified atom stereocenters. The molecule has 1 atom stereocenters. The van der Waals surface area contributed by atoms with Gasteiger partial charge in [0.05, 0.1) is 5.69 Å². The Morgan fingerprint density at radius 1 is 1.31 bits per heavy atom. The summed E-state index contributed by atoms with van der Waals surface area (Å²) in [5.74, 6) is 0.750. The van der Waals surface area contributed by atoms with Crippen molar-refractivity contribution in [2.24, 2.45) is 5.92 Å². The lowest BCUT2D eigenvalue weighted by Crippen LogP contribution is -2.42. The Kier molecular flexibility index (Phi) is 11.9. The van der Waals surface area contributed by atoms with Gasteiger partial charge in [-0.1, -0.05) is 26.7 Å². The van der Waals surface area contributed by atoms with Crippen LogP contribution in [0.5, 0.6) is 5.75 Å². The van der Waals surface area contributed by atoms with E-state index in [1.165, 1.54) is 0 Å². The van der Waals surface area contributed by atoms with E-state index < -0.39 is 6.10 Å². The van der Waals surface area contributed by atoms with E-state index in [0.29, 0.717) is 24.4 Å². The molecule has 0 fully saturated rings. The number of ether oxygens (including phenoxy) is 1. The topological polar surface area (TPSA) is 108 Å². The number of β-amino-alcohol motifs (C(OH)–C–C–N with tert-alkyl or cyclic N) is 1. The number of halogens is 1. The largest absolute Gasteiger partial charge is 0.489 e. The van der Waals surface area contributed by atoms with E-state index in [1.807, 2.05) is 26.8 Å². The number of ketones is 1. The molecule has 0 saturated heterocycles. The molecule has 7 heteroatoms. The number of anilines is 1. The monoisotopic (exact) mass is 425 g/mol. The second-order valence-electron chi connectivity index (χ2n) is 8.25. The van der Waals surface area contributed by atoms with Gasteiger partial charge in [-0.05, 0) is 45.2 Å². The Bertz CT molecular complexity index is 692. The van der Waals surface area contributed by atoms with Crippen molar-refractivity contribution in [1.29, 1.82) is 5.26 Å². The predicted molar refractivity (Wildman–Crippen MR) is 120 cm³/mol. The molecule has 0 aliphatic rings. The Labute approximate surface area is 181 Å². The molecule has 0 radical (unpaired) electrons. The highest BCUT2D eigenvalue weighted by Crippen LogP contribution is 2.29. The molecular formula is C22H36ClN3O3. The van der Waals surface area contributed by atoms with Gasteiger partial charge in [0.1, 0.15) is 30.1 Å². The molecule has 0 aliphatic heterocycles. The lowest BCUT2D eigenvalue weighted by atomic mass is 9.93. The average Bonchev–Trinajstić information content (AvgIpc) is 2.64. The fraction of sp³-hybridized carbons (Fsp3) is 0.636. The van der Waals surface area contributed by atoms with E-state index in [2.05, 4.69) is 19.2 Å². The molecule has 0 bridgehead atoms. The van der Waals surface area contributed by atoms with Crippen molar-refractivity contribution in [3.05, 3.63) is 23.3 Å². The summed E-state index contributed by atoms with van der Waals surface area (Å²) in [4.78, 5) is 12.5. The van der Waals surface area contributed by atoms with Gasteiger partial charge in [-0.3, -0.25) is 4.79 Å². The van der Waals surface area contributed by atoms with Crippen LogP contribution in [0.15, 0.2) is 12.1 Å². The summed E-state index contributed by atoms with van der Waals surface area (Å²) < 4.78 is 5.60. The Morgan fingerprint density at radius 3 is 2.45 bits per heavy atom. The van der Waals surface area contributed by atoms with Crippen molar-refractivity contribution < 1.29 is 14.6 Å². The Hall–Kier alpha value is -1.81. The van der Waals surface area contributed by atoms with Gasteiger partial charge in [0.25, 0.3) is 0 Å². The zero-order valence-electron chi connectivity index (χ0n) is 18.2. The quantitative estimate of drug-likeness (QED) is 0.364. The van der Waals surface area contributed by atoms with Crippen LogP contribution >= 0.6 is 12.4 Å². The van der Waals surface area contributed by atoms with E-state index >= 15 is 0 Å². The first kappa shape index (κ1) is 27.2. The summed E-state index contributed by atoms with van der Waals surface area (Å²) in [6.07, 6.45) is 2.59. The highest BCUT2D eigenvalue weighted by Gasteiger charge is 2.19. The van der Waals surface area contributed by atoms with Gasteiger partial charge in [-0.25, -0.2) is 0 Å². The molecule has 0 spiro atoms. The van der Waals surface area contributed by atoms with Gasteiger partial charge in [0, 0.05) is 24.1 Å². The van der Waals surface area contributed by atoms with Gasteiger partial charge >= 0.3 is 0 Å². The number of aliphatic hydroxyl groups excluding tert-OH is 1. The van der Waals surface area contributed by atoms with Crippen molar-refractivity contribution in [2.75, 3.05) is 18.9 Å². The summed E-state index contributed by atoms with van der Waals surface area (Å²) in [6, 6.07) is 5.22. The zero-order chi connectivity index (χ0) is 21.3. The van der Waals surface area contributed by atoms with Crippen LogP contribution in [-0.2, 0) is 0 Å². The predicted octanol–water partition coefficient (Wildman–Crippen LogP) is 4.09. The minimum absolute atomic E-state index is 0. The number of carbonyl (C=O) groups is 1. The number of hydrogen-bond donors (Lipinski definition) is 3. The van der Waals surface area contributed by atoms with E-state index in [1.54, 1.807) is 12.1 Å². The second kappa shape index (κ2) is 12.7. The van der Waals surface area contributed by atoms with Crippen molar-refractivity contribution in [3.63, 3.8) is 0 Å². The van der Waals surface area contributed by atoms with Crippen LogP contribution in [0.3, 0.4) is 0 Å². The number of Topliss-reactive ketones (excluding diaryl/α,β-unsaturated/α-hetero) is 1. The molecule has 0 saturated carbocycles. The zero-order valence-corrected chi connectivity index (χ0v) is 19.1. The van der Waals surface area contributed by atoms with E-state index in [9.17, 15) is 15.2 Å². The summed E-state index contributed by atoms with van der Waals surface area (Å²) in [7, 11) is 0. The molecule has 1 rings (SSSR count). The molecule has 1 aromatic rings. The van der Waals surface area contributed by atoms with Crippen LogP contribution in [0.2, 0.25) is 0 Å². The third-order valence-electron chi connectivity index (χ3n) is 4.85. The van der Waals surface area contributed by atoms with Gasteiger partial charge in [0.15, 0.2) is 5.78 Å². The van der Waals surface area contributed by atoms with Crippen molar-refractivity contribution >= 4 is 23.9 Å². The number of carbonyl (C=O) groups excluding carboxylic acids is 1. The molecule has 4 N–H and O–H groups in total. The molecule has 164 valence electrons. The van der Waals surface area contributed by atoms with Crippen LogP contribution < -0.4 is 15.8 Å². The minimum Gasteiger partial charge on any atom is -0.489 e. The SMILES string of the molecule is CCC(CC)CCC(=O)c1ccc(OCC(O)CNC(C)(C)C)c(C#N)c1N.Cl. The molecule has 0 aliphatic carbocycles. The average molecular weight is 426 g/mol. The first-order valence-electron chi connectivity index (χ1n) is 10.0. The van der Waals surface area contributed by atoms with E-state index in [0.717, 1.165) is 19.3 Å². The number of hydrogen-bond acceptors (Lipinski definition) is 6. The third-order valence-corrected chi connectivity index (χ3v) is 4.85. The summed E-state index contributed by atoms with van der Waals surface area (Å²) in [6.45, 7) is 10.7. The highest BCUT2D eigenvalue weighted by molar-refractivity contribution is 6.02. The van der Waals surface area contributed by atoms with Crippen LogP contribution in [-0.4, -0.2) is 35.7 Å². The number of nitrogen functional groups attached to an aromatic ring is 1. The van der Waals surface area contributed by atoms with Gasteiger partial charge < -0.3 is 20.9 Å². The van der Waals surface area contributed by atoms with Crippen molar-refractivity contribution in [1.82, 2.24) is 5.32 Å². The molecule has 0 aromatic heterocycles. The van der Waals surface area contributed by atoms with Crippen LogP contribution in [0.1, 0.15) is 76.2 Å². The molecule has 6 nitrogen and oxygen atoms in total. The standard InChI is InChI=1S/C22H35N3O3.ClH/c1-6-15(7-2)8-10-19(27)17-9-11-20(18(12-23)21(17)24)28-14-16(26)13-25-22(3,4)5;/h9,11,15-16,25-26H,6-8,10,13-14,24H2,1-5H3;1H. The fourth-order valence-electron chi connectivity index (χ4n) is 2.91. The lowest BCUT2D eigenvalue weighted by Gasteiger charge is -2.23. The van der Waals surface area contributed by atoms with Crippen LogP contribution in [0.4, 0.5) is 5.69 Å². The normalized spacial score (nSPS) is 12.2. The van der Waals surface area contributed by atoms with E-state index in [4.69, 9.17) is 10.5 Å². The summed E-state index contributed by atoms with van der Waals surface area (Å²) >= 11 is 0. The highest BCUT2D eigenvalue weighted by atomic mass is 35.5. The van der Waals surface area contributed by atoms with Crippen LogP contribution in [0, 0.1) is 17.2 Å². The summed E-state index contributed by atoms with van der Waals surface area (Å²) in [5.41, 5.74) is 6.64. The maximum Gasteiger partial charge on any atom is 0.165 e. The lowest BCUT2D eigenvalue weighted by molar-refractivity contribution is 0.0971. The first-order valence-corrected chi connectivity index (χ1v) is 10.0.